The maximum absolute atomic E-state index is 11.6. The number of carbonyl (C=O) groups excluding carboxylic acids is 1. The highest BCUT2D eigenvalue weighted by molar-refractivity contribution is 5.76. The third-order valence-corrected chi connectivity index (χ3v) is 2.09. The lowest BCUT2D eigenvalue weighted by Crippen LogP contribution is -2.38. The molecule has 0 radical (unpaired) electrons. The molecule has 0 heterocycles. The summed E-state index contributed by atoms with van der Waals surface area (Å²) in [5.41, 5.74) is -0.440. The highest BCUT2D eigenvalue weighted by Gasteiger charge is 2.23. The van der Waals surface area contributed by atoms with Gasteiger partial charge < -0.3 is 14.7 Å². The Bertz CT molecular complexity index is 190. The van der Waals surface area contributed by atoms with Crippen LogP contribution in [0, 0.1) is 0 Å². The van der Waals surface area contributed by atoms with Gasteiger partial charge in [0.05, 0.1) is 18.1 Å². The van der Waals surface area contributed by atoms with Crippen LogP contribution in [0.5, 0.6) is 0 Å². The first-order valence-electron chi connectivity index (χ1n) is 4.75. The van der Waals surface area contributed by atoms with E-state index >= 15 is 0 Å². The minimum atomic E-state index is -0.491. The second kappa shape index (κ2) is 5.32. The second-order valence-corrected chi connectivity index (χ2v) is 4.26. The van der Waals surface area contributed by atoms with E-state index in [1.165, 1.54) is 4.90 Å². The Hall–Kier alpha value is -0.610. The van der Waals surface area contributed by atoms with Gasteiger partial charge in [0.15, 0.2) is 0 Å². The molecular formula is C10H21NO3. The maximum Gasteiger partial charge on any atom is 0.225 e. The molecule has 0 aromatic heterocycles. The molecule has 84 valence electrons. The number of hydrogen-bond donors (Lipinski definition) is 1. The summed E-state index contributed by atoms with van der Waals surface area (Å²) in [6, 6.07) is 0. The van der Waals surface area contributed by atoms with Crippen LogP contribution in [0.25, 0.3) is 0 Å². The first-order valence-corrected chi connectivity index (χ1v) is 4.75. The van der Waals surface area contributed by atoms with Crippen molar-refractivity contribution in [2.45, 2.75) is 38.9 Å². The zero-order chi connectivity index (χ0) is 11.4. The monoisotopic (exact) mass is 203 g/mol. The van der Waals surface area contributed by atoms with Crippen molar-refractivity contribution in [3.63, 3.8) is 0 Å². The number of hydrogen-bond acceptors (Lipinski definition) is 3. The van der Waals surface area contributed by atoms with Gasteiger partial charge in [-0.2, -0.15) is 0 Å². The summed E-state index contributed by atoms with van der Waals surface area (Å²) in [6.07, 6.45) is -0.165. The predicted molar refractivity (Wildman–Crippen MR) is 55.0 cm³/mol. The molecule has 0 bridgehead atoms. The zero-order valence-electron chi connectivity index (χ0n) is 9.70. The number of carbonyl (C=O) groups is 1. The minimum absolute atomic E-state index is 0.0160. The van der Waals surface area contributed by atoms with Gasteiger partial charge in [-0.25, -0.2) is 0 Å². The number of aliphatic hydroxyl groups excluding tert-OH is 1. The summed E-state index contributed by atoms with van der Waals surface area (Å²) in [6.45, 7) is 5.74. The average molecular weight is 203 g/mol. The quantitative estimate of drug-likeness (QED) is 0.713. The van der Waals surface area contributed by atoms with Gasteiger partial charge in [-0.05, 0) is 20.8 Å². The Morgan fingerprint density at radius 2 is 2.07 bits per heavy atom. The van der Waals surface area contributed by atoms with Gasteiger partial charge >= 0.3 is 0 Å². The van der Waals surface area contributed by atoms with Crippen molar-refractivity contribution in [3.05, 3.63) is 0 Å². The number of aliphatic hydroxyl groups is 1. The van der Waals surface area contributed by atoms with Crippen molar-refractivity contribution in [3.8, 4) is 0 Å². The SMILES string of the molecule is COC(C)(C)CC(=O)N(C)CC(C)O. The number of methoxy groups -OCH3 is 1. The number of likely N-dealkylation sites (N-methyl/N-ethyl adjacent to an activating group) is 1. The molecule has 0 aromatic carbocycles. The van der Waals surface area contributed by atoms with Crippen molar-refractivity contribution < 1.29 is 14.6 Å². The molecule has 4 heteroatoms. The molecule has 0 rings (SSSR count). The lowest BCUT2D eigenvalue weighted by atomic mass is 10.0. The Balaban J connectivity index is 4.08. The van der Waals surface area contributed by atoms with E-state index in [1.54, 1.807) is 21.1 Å². The highest BCUT2D eigenvalue weighted by Crippen LogP contribution is 2.14. The van der Waals surface area contributed by atoms with Gasteiger partial charge in [0.25, 0.3) is 0 Å². The fraction of sp³-hybridized carbons (Fsp3) is 0.900. The summed E-state index contributed by atoms with van der Waals surface area (Å²) < 4.78 is 5.15. The lowest BCUT2D eigenvalue weighted by Gasteiger charge is -2.26. The van der Waals surface area contributed by atoms with Crippen LogP contribution in [-0.4, -0.2) is 48.3 Å². The van der Waals surface area contributed by atoms with E-state index in [2.05, 4.69) is 0 Å². The maximum atomic E-state index is 11.6. The molecule has 0 aromatic rings. The fourth-order valence-corrected chi connectivity index (χ4v) is 1.07. The third-order valence-electron chi connectivity index (χ3n) is 2.09. The van der Waals surface area contributed by atoms with Gasteiger partial charge in [-0.15, -0.1) is 0 Å². The van der Waals surface area contributed by atoms with Crippen LogP contribution < -0.4 is 0 Å². The van der Waals surface area contributed by atoms with E-state index in [-0.39, 0.29) is 5.91 Å². The van der Waals surface area contributed by atoms with Gasteiger partial charge in [-0.3, -0.25) is 4.79 Å². The van der Waals surface area contributed by atoms with Crippen LogP contribution in [0.2, 0.25) is 0 Å². The molecule has 1 unspecified atom stereocenters. The normalized spacial score (nSPS) is 13.9. The first kappa shape index (κ1) is 13.4. The summed E-state index contributed by atoms with van der Waals surface area (Å²) in [5, 5.41) is 9.10. The lowest BCUT2D eigenvalue weighted by molar-refractivity contribution is -0.136. The van der Waals surface area contributed by atoms with E-state index in [0.717, 1.165) is 0 Å². The standard InChI is InChI=1S/C10H21NO3/c1-8(12)7-11(4)9(13)6-10(2,3)14-5/h8,12H,6-7H2,1-5H3. The Morgan fingerprint density at radius 3 is 2.43 bits per heavy atom. The number of nitrogens with zero attached hydrogens (tertiary/aromatic N) is 1. The summed E-state index contributed by atoms with van der Waals surface area (Å²) in [4.78, 5) is 13.1. The second-order valence-electron chi connectivity index (χ2n) is 4.26. The molecular weight excluding hydrogens is 182 g/mol. The molecule has 0 aliphatic carbocycles. The van der Waals surface area contributed by atoms with E-state index < -0.39 is 11.7 Å². The summed E-state index contributed by atoms with van der Waals surface area (Å²) >= 11 is 0. The van der Waals surface area contributed by atoms with Crippen LogP contribution in [0.4, 0.5) is 0 Å². The largest absolute Gasteiger partial charge is 0.392 e. The molecule has 1 amide bonds. The Labute approximate surface area is 85.9 Å². The molecule has 0 saturated heterocycles. The molecule has 0 fully saturated rings. The van der Waals surface area contributed by atoms with Crippen LogP contribution >= 0.6 is 0 Å². The van der Waals surface area contributed by atoms with E-state index in [1.807, 2.05) is 13.8 Å². The minimum Gasteiger partial charge on any atom is -0.392 e. The molecule has 0 saturated carbocycles. The van der Waals surface area contributed by atoms with Crippen LogP contribution in [0.15, 0.2) is 0 Å². The molecule has 0 aliphatic rings. The first-order chi connectivity index (χ1) is 6.28. The molecule has 0 aliphatic heterocycles. The number of rotatable bonds is 5. The number of ether oxygens (including phenoxy) is 1. The molecule has 0 spiro atoms. The van der Waals surface area contributed by atoms with Crippen molar-refractivity contribution in [2.75, 3.05) is 20.7 Å². The topological polar surface area (TPSA) is 49.8 Å². The summed E-state index contributed by atoms with van der Waals surface area (Å²) in [5.74, 6) is -0.0160. The fourth-order valence-electron chi connectivity index (χ4n) is 1.07. The molecule has 4 nitrogen and oxygen atoms in total. The van der Waals surface area contributed by atoms with Crippen molar-refractivity contribution in [2.24, 2.45) is 0 Å². The van der Waals surface area contributed by atoms with Crippen LogP contribution in [0.3, 0.4) is 0 Å². The molecule has 14 heavy (non-hydrogen) atoms. The van der Waals surface area contributed by atoms with Crippen molar-refractivity contribution >= 4 is 5.91 Å². The van der Waals surface area contributed by atoms with Gasteiger partial charge in [0, 0.05) is 20.7 Å². The van der Waals surface area contributed by atoms with Crippen LogP contribution in [-0.2, 0) is 9.53 Å². The smallest absolute Gasteiger partial charge is 0.225 e. The van der Waals surface area contributed by atoms with E-state index in [4.69, 9.17) is 9.84 Å². The van der Waals surface area contributed by atoms with Crippen molar-refractivity contribution in [1.29, 1.82) is 0 Å². The average Bonchev–Trinajstić information content (AvgIpc) is 2.02. The highest BCUT2D eigenvalue weighted by atomic mass is 16.5. The zero-order valence-corrected chi connectivity index (χ0v) is 9.70. The van der Waals surface area contributed by atoms with Crippen molar-refractivity contribution in [1.82, 2.24) is 4.90 Å². The van der Waals surface area contributed by atoms with E-state index in [0.29, 0.717) is 13.0 Å². The number of amides is 1. The molecule has 1 N–H and O–H groups in total. The molecule has 1 atom stereocenters. The van der Waals surface area contributed by atoms with Crippen LogP contribution in [0.1, 0.15) is 27.2 Å². The predicted octanol–water partition coefficient (Wildman–Crippen LogP) is 0.641. The summed E-state index contributed by atoms with van der Waals surface area (Å²) in [7, 11) is 3.27. The van der Waals surface area contributed by atoms with Gasteiger partial charge in [-0.1, -0.05) is 0 Å². The Kier molecular flexibility index (Phi) is 5.08. The Morgan fingerprint density at radius 1 is 1.57 bits per heavy atom. The van der Waals surface area contributed by atoms with Gasteiger partial charge in [0.1, 0.15) is 0 Å². The van der Waals surface area contributed by atoms with Gasteiger partial charge in [0.2, 0.25) is 5.91 Å². The van der Waals surface area contributed by atoms with E-state index in [9.17, 15) is 4.79 Å². The third kappa shape index (κ3) is 5.19.